The first-order chi connectivity index (χ1) is 4.95. The second-order valence-electron chi connectivity index (χ2n) is 1.74. The van der Waals surface area contributed by atoms with Gasteiger partial charge in [0.1, 0.15) is 0 Å². The monoisotopic (exact) mass is 167 g/mol. The molecule has 0 aromatic carbocycles. The summed E-state index contributed by atoms with van der Waals surface area (Å²) in [5, 5.41) is 0. The van der Waals surface area contributed by atoms with Crippen LogP contribution in [-0.2, 0) is 9.53 Å². The van der Waals surface area contributed by atoms with Crippen LogP contribution in [0.4, 0.5) is 12.9 Å². The second kappa shape index (κ2) is 4.05. The lowest BCUT2D eigenvalue weighted by atomic mass is 9.92. The van der Waals surface area contributed by atoms with E-state index in [1.807, 2.05) is 0 Å². The van der Waals surface area contributed by atoms with Crippen LogP contribution in [0, 0.1) is 0 Å². The lowest BCUT2D eigenvalue weighted by Gasteiger charge is -2.05. The average Bonchev–Trinajstić information content (AvgIpc) is 1.83. The third kappa shape index (κ3) is 6.96. The van der Waals surface area contributed by atoms with E-state index in [0.29, 0.717) is 6.08 Å². The number of rotatable bonds is 3. The summed E-state index contributed by atoms with van der Waals surface area (Å²) < 4.78 is 38.5. The molecule has 6 heteroatoms. The van der Waals surface area contributed by atoms with Crippen molar-refractivity contribution in [1.82, 2.24) is 0 Å². The molecule has 2 nitrogen and oxygen atoms in total. The Hall–Kier alpha value is -0.935. The van der Waals surface area contributed by atoms with Crippen molar-refractivity contribution in [2.24, 2.45) is 0 Å². The van der Waals surface area contributed by atoms with Gasteiger partial charge < -0.3 is 17.7 Å². The maximum absolute atomic E-state index is 11.4. The smallest absolute Gasteiger partial charge is 0.463 e. The van der Waals surface area contributed by atoms with Crippen LogP contribution in [0.5, 0.6) is 0 Å². The lowest BCUT2D eigenvalue weighted by molar-refractivity contribution is -0.137. The Labute approximate surface area is 62.1 Å². The Kier molecular flexibility index (Phi) is 3.71. The van der Waals surface area contributed by atoms with Crippen molar-refractivity contribution in [2.75, 3.05) is 6.61 Å². The lowest BCUT2D eigenvalue weighted by Crippen LogP contribution is -2.11. The van der Waals surface area contributed by atoms with Gasteiger partial charge in [-0.2, -0.15) is 0 Å². The summed E-state index contributed by atoms with van der Waals surface area (Å²) in [6.07, 6.45) is 0.378. The van der Waals surface area contributed by atoms with Crippen LogP contribution in [0.25, 0.3) is 0 Å². The summed E-state index contributed by atoms with van der Waals surface area (Å²) in [6.45, 7) is -3.43. The van der Waals surface area contributed by atoms with E-state index >= 15 is 0 Å². The van der Waals surface area contributed by atoms with E-state index in [1.165, 1.54) is 6.92 Å². The van der Waals surface area contributed by atoms with Gasteiger partial charge in [-0.3, -0.25) is 0 Å². The molecular formula is C5H7BF3O2-. The first kappa shape index (κ1) is 10.1. The minimum atomic E-state index is -5.03. The predicted molar refractivity (Wildman–Crippen MR) is 34.9 cm³/mol. The SMILES string of the molecule is CCOC(=O)C=C[B-](F)(F)F. The maximum atomic E-state index is 11.4. The van der Waals surface area contributed by atoms with Crippen LogP contribution < -0.4 is 0 Å². The number of esters is 1. The Morgan fingerprint density at radius 2 is 2.09 bits per heavy atom. The molecule has 0 bridgehead atoms. The van der Waals surface area contributed by atoms with Gasteiger partial charge in [0.05, 0.1) is 6.61 Å². The van der Waals surface area contributed by atoms with Crippen LogP contribution in [-0.4, -0.2) is 19.6 Å². The second-order valence-corrected chi connectivity index (χ2v) is 1.74. The highest BCUT2D eigenvalue weighted by Crippen LogP contribution is 2.08. The number of hydrogen-bond donors (Lipinski definition) is 0. The molecule has 0 atom stereocenters. The van der Waals surface area contributed by atoms with Crippen LogP contribution in [0.2, 0.25) is 0 Å². The molecule has 0 aromatic heterocycles. The quantitative estimate of drug-likeness (QED) is 0.361. The maximum Gasteiger partial charge on any atom is 0.502 e. The molecule has 0 saturated carbocycles. The van der Waals surface area contributed by atoms with E-state index < -0.39 is 12.9 Å². The highest BCUT2D eigenvalue weighted by atomic mass is 19.4. The zero-order valence-electron chi connectivity index (χ0n) is 5.89. The molecule has 0 N–H and O–H groups in total. The van der Waals surface area contributed by atoms with Gasteiger partial charge >= 0.3 is 12.9 Å². The van der Waals surface area contributed by atoms with Gasteiger partial charge in [-0.25, -0.2) is 4.79 Å². The molecule has 0 spiro atoms. The van der Waals surface area contributed by atoms with Gasteiger partial charge in [0.15, 0.2) is 0 Å². The molecule has 0 aliphatic heterocycles. The molecule has 0 unspecified atom stereocenters. The van der Waals surface area contributed by atoms with Crippen LogP contribution in [0.3, 0.4) is 0 Å². The van der Waals surface area contributed by atoms with E-state index in [0.717, 1.165) is 0 Å². The largest absolute Gasteiger partial charge is 0.502 e. The standard InChI is InChI=1S/C5H7BF3O2/c1-2-11-5(10)3-4-6(7,8)9/h3-4H,2H2,1H3/q-1. The van der Waals surface area contributed by atoms with E-state index in [1.54, 1.807) is 0 Å². The summed E-state index contributed by atoms with van der Waals surface area (Å²) in [4.78, 5) is 10.3. The van der Waals surface area contributed by atoms with Crippen molar-refractivity contribution >= 4 is 12.9 Å². The predicted octanol–water partition coefficient (Wildman–Crippen LogP) is 1.49. The van der Waals surface area contributed by atoms with E-state index in [-0.39, 0.29) is 12.6 Å². The highest BCUT2D eigenvalue weighted by molar-refractivity contribution is 6.64. The minimum Gasteiger partial charge on any atom is -0.463 e. The fourth-order valence-corrected chi connectivity index (χ4v) is 0.378. The summed E-state index contributed by atoms with van der Waals surface area (Å²) in [6, 6.07) is 0. The minimum absolute atomic E-state index is 0.0774. The van der Waals surface area contributed by atoms with Crippen molar-refractivity contribution in [2.45, 2.75) is 6.92 Å². The fraction of sp³-hybridized carbons (Fsp3) is 0.400. The van der Waals surface area contributed by atoms with Gasteiger partial charge in [0, 0.05) is 0 Å². The average molecular weight is 167 g/mol. The van der Waals surface area contributed by atoms with E-state index in [4.69, 9.17) is 0 Å². The van der Waals surface area contributed by atoms with Gasteiger partial charge in [-0.15, -0.1) is 5.98 Å². The summed E-state index contributed by atoms with van der Waals surface area (Å²) in [7, 11) is 0. The third-order valence-electron chi connectivity index (χ3n) is 0.737. The molecule has 0 heterocycles. The van der Waals surface area contributed by atoms with Gasteiger partial charge in [-0.05, 0) is 13.0 Å². The molecule has 0 rings (SSSR count). The van der Waals surface area contributed by atoms with E-state index in [9.17, 15) is 17.7 Å². The number of ether oxygens (including phenoxy) is 1. The van der Waals surface area contributed by atoms with Crippen LogP contribution >= 0.6 is 0 Å². The molecule has 64 valence electrons. The highest BCUT2D eigenvalue weighted by Gasteiger charge is 2.17. The van der Waals surface area contributed by atoms with Gasteiger partial charge in [-0.1, -0.05) is 0 Å². The molecule has 0 aliphatic carbocycles. The van der Waals surface area contributed by atoms with Gasteiger partial charge in [0.2, 0.25) is 0 Å². The van der Waals surface area contributed by atoms with Crippen molar-refractivity contribution < 1.29 is 22.5 Å². The Balaban J connectivity index is 3.83. The molecule has 0 amide bonds. The fourth-order valence-electron chi connectivity index (χ4n) is 0.378. The molecule has 0 aliphatic rings. The van der Waals surface area contributed by atoms with Crippen molar-refractivity contribution in [3.05, 3.63) is 12.1 Å². The van der Waals surface area contributed by atoms with Crippen LogP contribution in [0.15, 0.2) is 12.1 Å². The van der Waals surface area contributed by atoms with Crippen molar-refractivity contribution in [1.29, 1.82) is 0 Å². The van der Waals surface area contributed by atoms with Gasteiger partial charge in [0.25, 0.3) is 0 Å². The zero-order chi connectivity index (χ0) is 8.91. The molecule has 0 saturated heterocycles. The first-order valence-electron chi connectivity index (χ1n) is 3.01. The topological polar surface area (TPSA) is 26.3 Å². The number of halogens is 3. The Morgan fingerprint density at radius 3 is 2.45 bits per heavy atom. The molecule has 0 radical (unpaired) electrons. The van der Waals surface area contributed by atoms with Crippen LogP contribution in [0.1, 0.15) is 6.92 Å². The number of carbonyl (C=O) groups is 1. The van der Waals surface area contributed by atoms with Crippen molar-refractivity contribution in [3.8, 4) is 0 Å². The van der Waals surface area contributed by atoms with E-state index in [2.05, 4.69) is 4.74 Å². The molecule has 11 heavy (non-hydrogen) atoms. The first-order valence-corrected chi connectivity index (χ1v) is 3.01. The Morgan fingerprint density at radius 1 is 1.55 bits per heavy atom. The number of carbonyl (C=O) groups excluding carboxylic acids is 1. The normalized spacial score (nSPS) is 12.0. The Bertz CT molecular complexity index is 164. The third-order valence-corrected chi connectivity index (χ3v) is 0.737. The van der Waals surface area contributed by atoms with Crippen molar-refractivity contribution in [3.63, 3.8) is 0 Å². The summed E-state index contributed by atoms with van der Waals surface area (Å²) in [5.41, 5.74) is 0. The molecule has 0 aromatic rings. The summed E-state index contributed by atoms with van der Waals surface area (Å²) in [5.74, 6) is -1.07. The zero-order valence-corrected chi connectivity index (χ0v) is 5.89. The number of hydrogen-bond acceptors (Lipinski definition) is 2. The summed E-state index contributed by atoms with van der Waals surface area (Å²) >= 11 is 0. The molecule has 0 fully saturated rings. The molecular weight excluding hydrogens is 160 g/mol.